The van der Waals surface area contributed by atoms with Gasteiger partial charge in [0, 0.05) is 12.1 Å². The van der Waals surface area contributed by atoms with Gasteiger partial charge in [0.25, 0.3) is 10.0 Å². The lowest BCUT2D eigenvalue weighted by molar-refractivity contribution is 0.0931. The fourth-order valence-electron chi connectivity index (χ4n) is 2.78. The van der Waals surface area contributed by atoms with E-state index in [1.54, 1.807) is 30.3 Å². The van der Waals surface area contributed by atoms with Gasteiger partial charge in [-0.05, 0) is 36.6 Å². The molecule has 2 aromatic rings. The highest BCUT2D eigenvalue weighted by Gasteiger charge is 2.39. The first kappa shape index (κ1) is 14.1. The number of hydrogen-bond donors (Lipinski definition) is 0. The van der Waals surface area contributed by atoms with E-state index in [1.807, 2.05) is 20.8 Å². The van der Waals surface area contributed by atoms with Crippen LogP contribution in [0.15, 0.2) is 41.4 Å². The SMILES string of the molecule is Cc1ccc(S(=O)(=O)n2ccc3c2C(=O)C(C)C3C)cc1. The molecule has 4 nitrogen and oxygen atoms in total. The highest BCUT2D eigenvalue weighted by molar-refractivity contribution is 7.90. The molecule has 1 aliphatic carbocycles. The number of benzene rings is 1. The molecule has 0 saturated heterocycles. The molecule has 1 aliphatic rings. The van der Waals surface area contributed by atoms with E-state index in [-0.39, 0.29) is 22.5 Å². The molecule has 0 fully saturated rings. The Kier molecular flexibility index (Phi) is 3.06. The van der Waals surface area contributed by atoms with Crippen LogP contribution in [-0.4, -0.2) is 18.2 Å². The first-order chi connectivity index (χ1) is 9.84. The fourth-order valence-corrected chi connectivity index (χ4v) is 4.15. The second-order valence-corrected chi connectivity index (χ2v) is 7.49. The number of nitrogens with zero attached hydrogens (tertiary/aromatic N) is 1. The third-order valence-corrected chi connectivity index (χ3v) is 6.04. The third kappa shape index (κ3) is 1.95. The Labute approximate surface area is 124 Å². The van der Waals surface area contributed by atoms with Crippen molar-refractivity contribution in [2.75, 3.05) is 0 Å². The van der Waals surface area contributed by atoms with E-state index in [0.717, 1.165) is 15.1 Å². The molecule has 0 radical (unpaired) electrons. The highest BCUT2D eigenvalue weighted by atomic mass is 32.2. The zero-order chi connectivity index (χ0) is 15.4. The van der Waals surface area contributed by atoms with Crippen molar-refractivity contribution in [3.05, 3.63) is 53.3 Å². The van der Waals surface area contributed by atoms with E-state index in [2.05, 4.69) is 0 Å². The summed E-state index contributed by atoms with van der Waals surface area (Å²) in [6.07, 6.45) is 1.49. The second kappa shape index (κ2) is 4.56. The summed E-state index contributed by atoms with van der Waals surface area (Å²) in [6, 6.07) is 8.40. The number of Topliss-reactive ketones (excluding diaryl/α,β-unsaturated/α-hetero) is 1. The molecule has 0 spiro atoms. The molecule has 1 aromatic carbocycles. The molecule has 0 amide bonds. The summed E-state index contributed by atoms with van der Waals surface area (Å²) in [5.74, 6) is -0.212. The largest absolute Gasteiger partial charge is 0.292 e. The van der Waals surface area contributed by atoms with Crippen LogP contribution in [0, 0.1) is 12.8 Å². The van der Waals surface area contributed by atoms with E-state index < -0.39 is 10.0 Å². The first-order valence-electron chi connectivity index (χ1n) is 6.91. The zero-order valence-electron chi connectivity index (χ0n) is 12.2. The summed E-state index contributed by atoms with van der Waals surface area (Å²) in [5, 5.41) is 0. The van der Waals surface area contributed by atoms with Gasteiger partial charge in [0.1, 0.15) is 5.69 Å². The number of carbonyl (C=O) groups excluding carboxylic acids is 1. The van der Waals surface area contributed by atoms with Crippen LogP contribution in [0.5, 0.6) is 0 Å². The maximum absolute atomic E-state index is 12.7. The Morgan fingerprint density at radius 1 is 1.00 bits per heavy atom. The molecule has 2 unspecified atom stereocenters. The van der Waals surface area contributed by atoms with Crippen LogP contribution >= 0.6 is 0 Å². The minimum atomic E-state index is -3.72. The van der Waals surface area contributed by atoms with Crippen molar-refractivity contribution in [2.24, 2.45) is 5.92 Å². The number of ketones is 1. The number of aryl methyl sites for hydroxylation is 1. The Balaban J connectivity index is 2.17. The summed E-state index contributed by atoms with van der Waals surface area (Å²) in [5.41, 5.74) is 2.13. The molecule has 0 aliphatic heterocycles. The van der Waals surface area contributed by atoms with Crippen LogP contribution in [0.1, 0.15) is 41.4 Å². The monoisotopic (exact) mass is 303 g/mol. The van der Waals surface area contributed by atoms with Crippen LogP contribution in [0.3, 0.4) is 0 Å². The lowest BCUT2D eigenvalue weighted by Crippen LogP contribution is -2.18. The van der Waals surface area contributed by atoms with Crippen LogP contribution < -0.4 is 0 Å². The first-order valence-corrected chi connectivity index (χ1v) is 8.35. The Morgan fingerprint density at radius 2 is 1.62 bits per heavy atom. The molecule has 110 valence electrons. The Hall–Kier alpha value is -1.88. The summed E-state index contributed by atoms with van der Waals surface area (Å²) < 4.78 is 26.6. The summed E-state index contributed by atoms with van der Waals surface area (Å²) in [6.45, 7) is 5.70. The molecular formula is C16H17NO3S. The fraction of sp³-hybridized carbons (Fsp3) is 0.312. The van der Waals surface area contributed by atoms with Gasteiger partial charge < -0.3 is 0 Å². The summed E-state index contributed by atoms with van der Waals surface area (Å²) >= 11 is 0. The summed E-state index contributed by atoms with van der Waals surface area (Å²) in [4.78, 5) is 12.5. The molecule has 0 N–H and O–H groups in total. The van der Waals surface area contributed by atoms with Gasteiger partial charge in [0.2, 0.25) is 0 Å². The van der Waals surface area contributed by atoms with E-state index in [1.165, 1.54) is 6.20 Å². The van der Waals surface area contributed by atoms with Gasteiger partial charge in [-0.25, -0.2) is 12.4 Å². The van der Waals surface area contributed by atoms with Gasteiger partial charge in [-0.1, -0.05) is 31.5 Å². The topological polar surface area (TPSA) is 56.1 Å². The molecule has 1 aromatic heterocycles. The lowest BCUT2D eigenvalue weighted by atomic mass is 9.97. The Bertz CT molecular complexity index is 816. The van der Waals surface area contributed by atoms with Crippen molar-refractivity contribution in [1.29, 1.82) is 0 Å². The van der Waals surface area contributed by atoms with Gasteiger partial charge in [-0.2, -0.15) is 0 Å². The third-order valence-electron chi connectivity index (χ3n) is 4.35. The quantitative estimate of drug-likeness (QED) is 0.857. The van der Waals surface area contributed by atoms with E-state index >= 15 is 0 Å². The highest BCUT2D eigenvalue weighted by Crippen LogP contribution is 2.39. The number of carbonyl (C=O) groups is 1. The lowest BCUT2D eigenvalue weighted by Gasteiger charge is -2.10. The zero-order valence-corrected chi connectivity index (χ0v) is 13.0. The molecule has 1 heterocycles. The van der Waals surface area contributed by atoms with Gasteiger partial charge in [0.15, 0.2) is 5.78 Å². The predicted octanol–water partition coefficient (Wildman–Crippen LogP) is 2.97. The Morgan fingerprint density at radius 3 is 2.24 bits per heavy atom. The molecule has 5 heteroatoms. The van der Waals surface area contributed by atoms with Crippen molar-refractivity contribution >= 4 is 15.8 Å². The number of rotatable bonds is 2. The van der Waals surface area contributed by atoms with Crippen LogP contribution in [0.2, 0.25) is 0 Å². The van der Waals surface area contributed by atoms with Gasteiger partial charge in [0.05, 0.1) is 4.90 Å². The van der Waals surface area contributed by atoms with Crippen LogP contribution in [-0.2, 0) is 10.0 Å². The number of aromatic nitrogens is 1. The van der Waals surface area contributed by atoms with Gasteiger partial charge in [-0.3, -0.25) is 4.79 Å². The van der Waals surface area contributed by atoms with Crippen molar-refractivity contribution in [3.8, 4) is 0 Å². The maximum Gasteiger partial charge on any atom is 0.268 e. The normalized spacial score (nSPS) is 21.6. The van der Waals surface area contributed by atoms with Gasteiger partial charge in [-0.15, -0.1) is 0 Å². The average molecular weight is 303 g/mol. The van der Waals surface area contributed by atoms with E-state index in [9.17, 15) is 13.2 Å². The van der Waals surface area contributed by atoms with Crippen LogP contribution in [0.4, 0.5) is 0 Å². The van der Waals surface area contributed by atoms with Gasteiger partial charge >= 0.3 is 0 Å². The maximum atomic E-state index is 12.7. The van der Waals surface area contributed by atoms with E-state index in [0.29, 0.717) is 5.69 Å². The average Bonchev–Trinajstić information content (AvgIpc) is 2.97. The molecular weight excluding hydrogens is 286 g/mol. The van der Waals surface area contributed by atoms with Crippen molar-refractivity contribution in [1.82, 2.24) is 3.97 Å². The molecule has 3 rings (SSSR count). The molecule has 0 saturated carbocycles. The van der Waals surface area contributed by atoms with Crippen LogP contribution in [0.25, 0.3) is 0 Å². The van der Waals surface area contributed by atoms with Crippen molar-refractivity contribution in [2.45, 2.75) is 31.6 Å². The molecule has 21 heavy (non-hydrogen) atoms. The smallest absolute Gasteiger partial charge is 0.268 e. The minimum absolute atomic E-state index is 0.0574. The standard InChI is InChI=1S/C16H17NO3S/c1-10-4-6-13(7-5-10)21(19,20)17-9-8-14-11(2)12(3)16(18)15(14)17/h4-9,11-12H,1-3H3. The van der Waals surface area contributed by atoms with Crippen molar-refractivity contribution in [3.63, 3.8) is 0 Å². The molecule has 0 bridgehead atoms. The van der Waals surface area contributed by atoms with E-state index in [4.69, 9.17) is 0 Å². The van der Waals surface area contributed by atoms with Crippen molar-refractivity contribution < 1.29 is 13.2 Å². The predicted molar refractivity (Wildman–Crippen MR) is 80.1 cm³/mol. The molecule has 2 atom stereocenters. The summed E-state index contributed by atoms with van der Waals surface area (Å²) in [7, 11) is -3.72. The number of fused-ring (bicyclic) bond motifs is 1. The second-order valence-electron chi connectivity index (χ2n) is 5.68. The number of hydrogen-bond acceptors (Lipinski definition) is 3. The minimum Gasteiger partial charge on any atom is -0.292 e.